The predicted octanol–water partition coefficient (Wildman–Crippen LogP) is 0.0261. The number of hydrogen-bond acceptors (Lipinski definition) is 4. The highest BCUT2D eigenvalue weighted by atomic mass is 32.2. The van der Waals surface area contributed by atoms with Crippen LogP contribution < -0.4 is 4.72 Å². The average molecular weight is 262 g/mol. The molecule has 1 rings (SSSR count). The van der Waals surface area contributed by atoms with Crippen molar-refractivity contribution in [2.45, 2.75) is 17.9 Å². The summed E-state index contributed by atoms with van der Waals surface area (Å²) in [5, 5.41) is 8.65. The lowest BCUT2D eigenvalue weighted by Gasteiger charge is -2.10. The molecule has 0 bridgehead atoms. The van der Waals surface area contributed by atoms with Crippen LogP contribution in [-0.4, -0.2) is 44.2 Å². The molecule has 0 saturated carbocycles. The number of carboxylic acid groups (broad SMARTS) is 1. The molecule has 3 N–H and O–H groups in total. The van der Waals surface area contributed by atoms with Gasteiger partial charge in [-0.2, -0.15) is 0 Å². The topological polar surface area (TPSA) is 108 Å². The van der Waals surface area contributed by atoms with Crippen molar-refractivity contribution in [3.63, 3.8) is 0 Å². The van der Waals surface area contributed by atoms with Crippen LogP contribution >= 0.6 is 0 Å². The average Bonchev–Trinajstić information content (AvgIpc) is 2.76. The van der Waals surface area contributed by atoms with E-state index in [0.717, 1.165) is 12.3 Å². The zero-order valence-corrected chi connectivity index (χ0v) is 10.2. The van der Waals surface area contributed by atoms with Gasteiger partial charge in [0.1, 0.15) is 10.6 Å². The van der Waals surface area contributed by atoms with E-state index in [1.807, 2.05) is 0 Å². The highest BCUT2D eigenvalue weighted by Gasteiger charge is 2.18. The van der Waals surface area contributed by atoms with Crippen LogP contribution in [0.3, 0.4) is 0 Å². The predicted molar refractivity (Wildman–Crippen MR) is 59.4 cm³/mol. The summed E-state index contributed by atoms with van der Waals surface area (Å²) >= 11 is 0. The Kier molecular flexibility index (Phi) is 4.27. The van der Waals surface area contributed by atoms with Crippen molar-refractivity contribution in [3.8, 4) is 0 Å². The van der Waals surface area contributed by atoms with Crippen molar-refractivity contribution < 1.29 is 23.1 Å². The van der Waals surface area contributed by atoms with E-state index in [0.29, 0.717) is 0 Å². The maximum absolute atomic E-state index is 11.7. The Morgan fingerprint density at radius 3 is 2.76 bits per heavy atom. The number of hydrogen-bond donors (Lipinski definition) is 3. The first-order valence-electron chi connectivity index (χ1n) is 4.81. The minimum atomic E-state index is -3.70. The van der Waals surface area contributed by atoms with E-state index in [2.05, 4.69) is 9.71 Å². The van der Waals surface area contributed by atoms with Crippen LogP contribution in [0.1, 0.15) is 17.4 Å². The van der Waals surface area contributed by atoms with Crippen LogP contribution in [0.5, 0.6) is 0 Å². The molecular formula is C9H14N2O5S. The van der Waals surface area contributed by atoms with E-state index in [1.165, 1.54) is 7.11 Å². The van der Waals surface area contributed by atoms with Crippen molar-refractivity contribution in [3.05, 3.63) is 18.0 Å². The normalized spacial score (nSPS) is 13.5. The molecule has 1 aromatic rings. The second-order valence-corrected chi connectivity index (χ2v) is 5.22. The lowest BCUT2D eigenvalue weighted by Crippen LogP contribution is -2.31. The van der Waals surface area contributed by atoms with Crippen molar-refractivity contribution in [1.29, 1.82) is 0 Å². The summed E-state index contributed by atoms with van der Waals surface area (Å²) in [5.74, 6) is -1.21. The molecule has 7 nitrogen and oxygen atoms in total. The number of aromatic nitrogens is 1. The minimum Gasteiger partial charge on any atom is -0.477 e. The van der Waals surface area contributed by atoms with Gasteiger partial charge in [-0.1, -0.05) is 0 Å². The van der Waals surface area contributed by atoms with Crippen molar-refractivity contribution in [1.82, 2.24) is 9.71 Å². The molecule has 0 aliphatic carbocycles. The van der Waals surface area contributed by atoms with E-state index in [9.17, 15) is 13.2 Å². The molecule has 0 amide bonds. The first-order valence-corrected chi connectivity index (χ1v) is 6.29. The first-order chi connectivity index (χ1) is 7.86. The van der Waals surface area contributed by atoms with Gasteiger partial charge in [0.2, 0.25) is 10.0 Å². The quantitative estimate of drug-likeness (QED) is 0.670. The zero-order chi connectivity index (χ0) is 13.1. The van der Waals surface area contributed by atoms with Crippen molar-refractivity contribution in [2.24, 2.45) is 0 Å². The molecule has 0 radical (unpaired) electrons. The number of carbonyl (C=O) groups is 1. The second kappa shape index (κ2) is 5.30. The second-order valence-electron chi connectivity index (χ2n) is 3.45. The van der Waals surface area contributed by atoms with Gasteiger partial charge >= 0.3 is 5.97 Å². The zero-order valence-electron chi connectivity index (χ0n) is 9.43. The number of methoxy groups -OCH3 is 1. The number of ether oxygens (including phenoxy) is 1. The number of rotatable bonds is 6. The fraction of sp³-hybridized carbons (Fsp3) is 0.444. The highest BCUT2D eigenvalue weighted by Crippen LogP contribution is 2.10. The molecule has 0 spiro atoms. The Hall–Kier alpha value is -1.38. The Morgan fingerprint density at radius 2 is 2.29 bits per heavy atom. The largest absolute Gasteiger partial charge is 0.477 e. The number of H-pyrrole nitrogens is 1. The SMILES string of the molecule is COC(C)CNS(=O)(=O)c1c[nH]c(C(=O)O)c1. The summed E-state index contributed by atoms with van der Waals surface area (Å²) in [5.41, 5.74) is -0.176. The van der Waals surface area contributed by atoms with Crippen LogP contribution in [0, 0.1) is 0 Å². The molecule has 0 saturated heterocycles. The summed E-state index contributed by atoms with van der Waals surface area (Å²) in [6.07, 6.45) is 0.867. The Labute approximate surface area is 98.8 Å². The number of nitrogens with one attached hydrogen (secondary N) is 2. The molecule has 1 atom stereocenters. The fourth-order valence-corrected chi connectivity index (χ4v) is 2.15. The standard InChI is InChI=1S/C9H14N2O5S/c1-6(16-2)4-11-17(14,15)7-3-8(9(12)13)10-5-7/h3,5-6,10-11H,4H2,1-2H3,(H,12,13). The molecule has 8 heteroatoms. The van der Waals surface area contributed by atoms with Gasteiger partial charge in [-0.25, -0.2) is 17.9 Å². The van der Waals surface area contributed by atoms with Gasteiger partial charge in [0.25, 0.3) is 0 Å². The van der Waals surface area contributed by atoms with Crippen LogP contribution in [0.25, 0.3) is 0 Å². The van der Waals surface area contributed by atoms with Gasteiger partial charge in [0.15, 0.2) is 0 Å². The van der Waals surface area contributed by atoms with Crippen LogP contribution in [-0.2, 0) is 14.8 Å². The highest BCUT2D eigenvalue weighted by molar-refractivity contribution is 7.89. The molecular weight excluding hydrogens is 248 g/mol. The van der Waals surface area contributed by atoms with E-state index in [-0.39, 0.29) is 23.2 Å². The number of aromatic carboxylic acids is 1. The van der Waals surface area contributed by atoms with Crippen LogP contribution in [0.2, 0.25) is 0 Å². The Bertz CT molecular complexity index is 493. The molecule has 0 aliphatic rings. The van der Waals surface area contributed by atoms with E-state index >= 15 is 0 Å². The summed E-state index contributed by atoms with van der Waals surface area (Å²) in [6.45, 7) is 1.83. The monoisotopic (exact) mass is 262 g/mol. The van der Waals surface area contributed by atoms with E-state index in [4.69, 9.17) is 9.84 Å². The number of aromatic amines is 1. The number of sulfonamides is 1. The van der Waals surface area contributed by atoms with Crippen molar-refractivity contribution >= 4 is 16.0 Å². The van der Waals surface area contributed by atoms with Gasteiger partial charge in [0.05, 0.1) is 6.10 Å². The molecule has 1 heterocycles. The third-order valence-electron chi connectivity index (χ3n) is 2.16. The lowest BCUT2D eigenvalue weighted by atomic mass is 10.4. The molecule has 0 fully saturated rings. The number of carboxylic acids is 1. The molecule has 0 aromatic carbocycles. The van der Waals surface area contributed by atoms with Gasteiger partial charge in [-0.3, -0.25) is 0 Å². The minimum absolute atomic E-state index is 0.113. The Balaban J connectivity index is 2.79. The molecule has 1 aromatic heterocycles. The third kappa shape index (κ3) is 3.55. The molecule has 96 valence electrons. The van der Waals surface area contributed by atoms with E-state index in [1.54, 1.807) is 6.92 Å². The summed E-state index contributed by atoms with van der Waals surface area (Å²) in [7, 11) is -2.23. The van der Waals surface area contributed by atoms with Crippen LogP contribution in [0.4, 0.5) is 0 Å². The fourth-order valence-electron chi connectivity index (χ4n) is 1.05. The summed E-state index contributed by atoms with van der Waals surface area (Å²) in [4.78, 5) is 12.8. The van der Waals surface area contributed by atoms with Gasteiger partial charge < -0.3 is 14.8 Å². The van der Waals surface area contributed by atoms with Crippen molar-refractivity contribution in [2.75, 3.05) is 13.7 Å². The van der Waals surface area contributed by atoms with Gasteiger partial charge in [-0.05, 0) is 13.0 Å². The lowest BCUT2D eigenvalue weighted by molar-refractivity contribution is 0.0691. The summed E-state index contributed by atoms with van der Waals surface area (Å²) < 4.78 is 30.6. The molecule has 1 unspecified atom stereocenters. The third-order valence-corrected chi connectivity index (χ3v) is 3.56. The maximum Gasteiger partial charge on any atom is 0.352 e. The molecule has 0 aliphatic heterocycles. The van der Waals surface area contributed by atoms with Crippen LogP contribution in [0.15, 0.2) is 17.2 Å². The van der Waals surface area contributed by atoms with Gasteiger partial charge in [-0.15, -0.1) is 0 Å². The first kappa shape index (κ1) is 13.7. The van der Waals surface area contributed by atoms with Gasteiger partial charge in [0, 0.05) is 19.9 Å². The molecule has 17 heavy (non-hydrogen) atoms. The maximum atomic E-state index is 11.7. The van der Waals surface area contributed by atoms with E-state index < -0.39 is 16.0 Å². The smallest absolute Gasteiger partial charge is 0.352 e. The summed E-state index contributed by atoms with van der Waals surface area (Å²) in [6, 6.07) is 1.06. The Morgan fingerprint density at radius 1 is 1.65 bits per heavy atom.